The number of nitrogens with zero attached hydrogens (tertiary/aromatic N) is 4. The molecule has 0 bridgehead atoms. The average molecular weight is 495 g/mol. The van der Waals surface area contributed by atoms with Gasteiger partial charge in [0.25, 0.3) is 0 Å². The fraction of sp³-hybridized carbons (Fsp3) is 0.393. The summed E-state index contributed by atoms with van der Waals surface area (Å²) in [5, 5.41) is 10.6. The van der Waals surface area contributed by atoms with Gasteiger partial charge in [0.1, 0.15) is 0 Å². The molecule has 0 unspecified atom stereocenters. The number of allylic oxidation sites excluding steroid dienone is 1. The molecule has 0 radical (unpaired) electrons. The Labute approximate surface area is 215 Å². The van der Waals surface area contributed by atoms with Gasteiger partial charge in [0.05, 0.1) is 22.6 Å². The number of hydrogen-bond acceptors (Lipinski definition) is 5. The van der Waals surface area contributed by atoms with Gasteiger partial charge < -0.3 is 10.2 Å². The van der Waals surface area contributed by atoms with Crippen LogP contribution >= 0.6 is 11.6 Å². The normalized spacial score (nSPS) is 12.7. The lowest BCUT2D eigenvalue weighted by atomic mass is 10.2. The maximum Gasteiger partial charge on any atom is 0.0845 e. The molecule has 35 heavy (non-hydrogen) atoms. The Morgan fingerprint density at radius 1 is 1.11 bits per heavy atom. The molecule has 0 amide bonds. The number of likely N-dealkylation sites (tertiary alicyclic amines) is 1. The minimum absolute atomic E-state index is 0.572. The SMILES string of the molecule is C=C(Nc1cn[nH]c1C(=C)C)c1cncc(Cl)c1.CC.Cc1ccc(CCCN2CCCC2)nc1. The number of pyridine rings is 2. The Hall–Kier alpha value is -2.96. The van der Waals surface area contributed by atoms with Crippen molar-refractivity contribution >= 4 is 28.6 Å². The second kappa shape index (κ2) is 15.1. The van der Waals surface area contributed by atoms with Crippen molar-refractivity contribution in [2.75, 3.05) is 25.0 Å². The highest BCUT2D eigenvalue weighted by Crippen LogP contribution is 2.24. The molecule has 1 fully saturated rings. The molecule has 0 saturated carbocycles. The summed E-state index contributed by atoms with van der Waals surface area (Å²) in [4.78, 5) is 11.0. The molecular weight excluding hydrogens is 456 g/mol. The van der Waals surface area contributed by atoms with Crippen LogP contribution in [0.25, 0.3) is 11.3 Å². The third-order valence-corrected chi connectivity index (χ3v) is 5.69. The van der Waals surface area contributed by atoms with Crippen molar-refractivity contribution in [2.24, 2.45) is 0 Å². The molecule has 4 heterocycles. The van der Waals surface area contributed by atoms with Crippen molar-refractivity contribution in [1.29, 1.82) is 0 Å². The number of anilines is 1. The number of aryl methyl sites for hydroxylation is 2. The Morgan fingerprint density at radius 3 is 2.49 bits per heavy atom. The molecule has 0 spiro atoms. The van der Waals surface area contributed by atoms with Crippen LogP contribution in [-0.2, 0) is 6.42 Å². The first-order chi connectivity index (χ1) is 16.9. The second-order valence-corrected chi connectivity index (χ2v) is 8.85. The molecule has 188 valence electrons. The number of aromatic amines is 1. The monoisotopic (exact) mass is 494 g/mol. The van der Waals surface area contributed by atoms with Crippen molar-refractivity contribution < 1.29 is 0 Å². The zero-order chi connectivity index (χ0) is 25.6. The Morgan fingerprint density at radius 2 is 1.86 bits per heavy atom. The highest BCUT2D eigenvalue weighted by atomic mass is 35.5. The Balaban J connectivity index is 0.000000234. The molecule has 7 heteroatoms. The van der Waals surface area contributed by atoms with E-state index >= 15 is 0 Å². The maximum atomic E-state index is 5.89. The number of nitrogens with one attached hydrogen (secondary N) is 2. The van der Waals surface area contributed by atoms with Crippen molar-refractivity contribution in [3.8, 4) is 0 Å². The first-order valence-corrected chi connectivity index (χ1v) is 12.7. The van der Waals surface area contributed by atoms with E-state index in [1.807, 2.05) is 27.0 Å². The molecule has 0 aromatic carbocycles. The predicted molar refractivity (Wildman–Crippen MR) is 150 cm³/mol. The zero-order valence-corrected chi connectivity index (χ0v) is 22.3. The molecule has 1 saturated heterocycles. The van der Waals surface area contributed by atoms with Gasteiger partial charge >= 0.3 is 0 Å². The topological polar surface area (TPSA) is 69.7 Å². The van der Waals surface area contributed by atoms with Crippen LogP contribution < -0.4 is 5.32 Å². The van der Waals surface area contributed by atoms with Gasteiger partial charge in [-0.05, 0) is 82.4 Å². The summed E-state index contributed by atoms with van der Waals surface area (Å²) < 4.78 is 0. The third kappa shape index (κ3) is 9.67. The highest BCUT2D eigenvalue weighted by Gasteiger charge is 2.10. The number of H-pyrrole nitrogens is 1. The summed E-state index contributed by atoms with van der Waals surface area (Å²) in [5.41, 5.74) is 6.59. The van der Waals surface area contributed by atoms with Gasteiger partial charge in [0, 0.05) is 35.5 Å². The van der Waals surface area contributed by atoms with Crippen LogP contribution in [0.15, 0.2) is 56.1 Å². The first-order valence-electron chi connectivity index (χ1n) is 12.3. The number of rotatable bonds is 8. The lowest BCUT2D eigenvalue weighted by Gasteiger charge is -2.13. The first kappa shape index (κ1) is 28.3. The summed E-state index contributed by atoms with van der Waals surface area (Å²) in [7, 11) is 0. The van der Waals surface area contributed by atoms with E-state index in [1.54, 1.807) is 24.7 Å². The number of aromatic nitrogens is 4. The fourth-order valence-electron chi connectivity index (χ4n) is 3.65. The molecule has 0 atom stereocenters. The summed E-state index contributed by atoms with van der Waals surface area (Å²) in [5.74, 6) is 0. The molecule has 3 aromatic rings. The molecule has 2 N–H and O–H groups in total. The summed E-state index contributed by atoms with van der Waals surface area (Å²) >= 11 is 5.89. The largest absolute Gasteiger partial charge is 0.352 e. The molecule has 1 aliphatic rings. The van der Waals surface area contributed by atoms with Crippen LogP contribution in [0, 0.1) is 6.92 Å². The molecule has 6 nitrogen and oxygen atoms in total. The fourth-order valence-corrected chi connectivity index (χ4v) is 3.83. The van der Waals surface area contributed by atoms with E-state index in [-0.39, 0.29) is 0 Å². The van der Waals surface area contributed by atoms with Crippen LogP contribution in [0.3, 0.4) is 0 Å². The van der Waals surface area contributed by atoms with E-state index < -0.39 is 0 Å². The minimum atomic E-state index is 0.572. The van der Waals surface area contributed by atoms with Crippen LogP contribution in [0.5, 0.6) is 0 Å². The van der Waals surface area contributed by atoms with Gasteiger partial charge in [-0.15, -0.1) is 0 Å². The van der Waals surface area contributed by atoms with Crippen LogP contribution in [0.2, 0.25) is 5.02 Å². The maximum absolute atomic E-state index is 5.89. The smallest absolute Gasteiger partial charge is 0.0845 e. The quantitative estimate of drug-likeness (QED) is 0.352. The lowest BCUT2D eigenvalue weighted by molar-refractivity contribution is 0.333. The summed E-state index contributed by atoms with van der Waals surface area (Å²) in [6.07, 6.45) is 12.1. The van der Waals surface area contributed by atoms with E-state index in [2.05, 4.69) is 62.6 Å². The van der Waals surface area contributed by atoms with Gasteiger partial charge in [-0.1, -0.05) is 44.7 Å². The van der Waals surface area contributed by atoms with E-state index in [9.17, 15) is 0 Å². The molecular formula is C28H39ClN6. The number of hydrogen-bond donors (Lipinski definition) is 2. The van der Waals surface area contributed by atoms with Crippen molar-refractivity contribution in [3.63, 3.8) is 0 Å². The summed E-state index contributed by atoms with van der Waals surface area (Å²) in [6, 6.07) is 6.10. The van der Waals surface area contributed by atoms with Crippen LogP contribution in [0.4, 0.5) is 5.69 Å². The van der Waals surface area contributed by atoms with E-state index in [4.69, 9.17) is 11.6 Å². The molecule has 0 aliphatic carbocycles. The molecule has 1 aliphatic heterocycles. The van der Waals surface area contributed by atoms with Gasteiger partial charge in [0.2, 0.25) is 0 Å². The minimum Gasteiger partial charge on any atom is -0.352 e. The average Bonchev–Trinajstić information content (AvgIpc) is 3.54. The van der Waals surface area contributed by atoms with Crippen molar-refractivity contribution in [2.45, 2.75) is 53.4 Å². The molecule has 4 rings (SSSR count). The van der Waals surface area contributed by atoms with Gasteiger partial charge in [0.15, 0.2) is 0 Å². The standard InChI is InChI=1S/C13H13ClN4.C13H20N2.C2H6/c1-8(2)13-12(7-16-18-13)17-9(3)10-4-11(14)6-15-5-10;1-12-6-7-13(14-11-12)5-4-10-15-8-2-3-9-15;1-2/h4-7,17H,1,3H2,2H3,(H,16,18);6-7,11H,2-5,8-10H2,1H3;1-2H3. The van der Waals surface area contributed by atoms with Crippen LogP contribution in [0.1, 0.15) is 62.5 Å². The van der Waals surface area contributed by atoms with E-state index in [0.29, 0.717) is 10.7 Å². The lowest BCUT2D eigenvalue weighted by Crippen LogP contribution is -2.20. The third-order valence-electron chi connectivity index (χ3n) is 5.48. The van der Waals surface area contributed by atoms with Gasteiger partial charge in [-0.25, -0.2) is 0 Å². The van der Waals surface area contributed by atoms with E-state index in [1.165, 1.54) is 50.2 Å². The molecule has 3 aromatic heterocycles. The predicted octanol–water partition coefficient (Wildman–Crippen LogP) is 7.02. The van der Waals surface area contributed by atoms with Crippen molar-refractivity contribution in [1.82, 2.24) is 25.1 Å². The van der Waals surface area contributed by atoms with Gasteiger partial charge in [-0.2, -0.15) is 5.10 Å². The summed E-state index contributed by atoms with van der Waals surface area (Å²) in [6.45, 7) is 19.7. The second-order valence-electron chi connectivity index (χ2n) is 8.41. The van der Waals surface area contributed by atoms with Crippen molar-refractivity contribution in [3.05, 3.63) is 83.7 Å². The Kier molecular flexibility index (Phi) is 12.2. The highest BCUT2D eigenvalue weighted by molar-refractivity contribution is 6.30. The number of halogens is 1. The van der Waals surface area contributed by atoms with Gasteiger partial charge in [-0.3, -0.25) is 15.1 Å². The van der Waals surface area contributed by atoms with Crippen LogP contribution in [-0.4, -0.2) is 44.7 Å². The zero-order valence-electron chi connectivity index (χ0n) is 21.6. The Bertz CT molecular complexity index is 1050. The van der Waals surface area contributed by atoms with E-state index in [0.717, 1.165) is 28.9 Å².